The average Bonchev–Trinajstić information content (AvgIpc) is 2.46. The van der Waals surface area contributed by atoms with E-state index in [2.05, 4.69) is 29.4 Å². The van der Waals surface area contributed by atoms with Crippen molar-refractivity contribution >= 4 is 11.8 Å². The van der Waals surface area contributed by atoms with E-state index in [1.54, 1.807) is 11.8 Å². The molecule has 0 saturated carbocycles. The third kappa shape index (κ3) is 2.99. The number of hydrogen-bond donors (Lipinski definition) is 1. The molecule has 4 nitrogen and oxygen atoms in total. The van der Waals surface area contributed by atoms with E-state index in [1.165, 1.54) is 0 Å². The van der Waals surface area contributed by atoms with E-state index in [-0.39, 0.29) is 0 Å². The second-order valence-corrected chi connectivity index (χ2v) is 4.73. The van der Waals surface area contributed by atoms with Crippen LogP contribution in [0.5, 0.6) is 0 Å². The molecule has 1 rings (SSSR count). The summed E-state index contributed by atoms with van der Waals surface area (Å²) in [5, 5.41) is 13.0. The predicted octanol–water partition coefficient (Wildman–Crippen LogP) is 1.21. The first-order chi connectivity index (χ1) is 6.65. The fourth-order valence-corrected chi connectivity index (χ4v) is 2.00. The lowest BCUT2D eigenvalue weighted by Gasteiger charge is -2.10. The molecule has 80 valence electrons. The lowest BCUT2D eigenvalue weighted by Crippen LogP contribution is -2.22. The zero-order chi connectivity index (χ0) is 10.6. The number of rotatable bonds is 5. The van der Waals surface area contributed by atoms with Crippen LogP contribution >= 0.6 is 11.8 Å². The first kappa shape index (κ1) is 11.5. The van der Waals surface area contributed by atoms with Crippen LogP contribution < -0.4 is 5.32 Å². The van der Waals surface area contributed by atoms with Crippen LogP contribution in [0, 0.1) is 6.92 Å². The Kier molecular flexibility index (Phi) is 4.41. The zero-order valence-corrected chi connectivity index (χ0v) is 10.1. The van der Waals surface area contributed by atoms with Crippen LogP contribution in [-0.2, 0) is 7.05 Å². The number of nitrogens with zero attached hydrogens (tertiary/aromatic N) is 3. The normalized spacial score (nSPS) is 13.1. The van der Waals surface area contributed by atoms with Gasteiger partial charge in [0.15, 0.2) is 5.16 Å². The maximum Gasteiger partial charge on any atom is 0.191 e. The molecule has 1 heterocycles. The van der Waals surface area contributed by atoms with Crippen LogP contribution in [0.3, 0.4) is 0 Å². The minimum absolute atomic E-state index is 0.525. The molecular formula is C9H18N4S. The van der Waals surface area contributed by atoms with Gasteiger partial charge in [0.1, 0.15) is 5.82 Å². The van der Waals surface area contributed by atoms with E-state index in [0.717, 1.165) is 24.1 Å². The lowest BCUT2D eigenvalue weighted by atomic mass is 10.5. The summed E-state index contributed by atoms with van der Waals surface area (Å²) in [6, 6.07) is 0. The van der Waals surface area contributed by atoms with E-state index in [9.17, 15) is 0 Å². The second kappa shape index (κ2) is 5.36. The first-order valence-electron chi connectivity index (χ1n) is 4.88. The minimum Gasteiger partial charge on any atom is -0.316 e. The van der Waals surface area contributed by atoms with Crippen LogP contribution in [0.25, 0.3) is 0 Å². The SMILES string of the molecule is CCNCC(C)Sc1nnc(C)n1C. The zero-order valence-electron chi connectivity index (χ0n) is 9.24. The highest BCUT2D eigenvalue weighted by Crippen LogP contribution is 2.20. The van der Waals surface area contributed by atoms with Crippen LogP contribution in [0.2, 0.25) is 0 Å². The summed E-state index contributed by atoms with van der Waals surface area (Å²) in [5.41, 5.74) is 0. The molecule has 0 aliphatic heterocycles. The molecule has 1 N–H and O–H groups in total. The van der Waals surface area contributed by atoms with Crippen molar-refractivity contribution in [3.63, 3.8) is 0 Å². The molecule has 1 aromatic heterocycles. The largest absolute Gasteiger partial charge is 0.316 e. The number of nitrogens with one attached hydrogen (secondary N) is 1. The summed E-state index contributed by atoms with van der Waals surface area (Å²) < 4.78 is 2.02. The van der Waals surface area contributed by atoms with E-state index in [0.29, 0.717) is 5.25 Å². The number of aryl methyl sites for hydroxylation is 1. The molecule has 0 aromatic carbocycles. The van der Waals surface area contributed by atoms with E-state index < -0.39 is 0 Å². The van der Waals surface area contributed by atoms with Crippen molar-refractivity contribution < 1.29 is 0 Å². The lowest BCUT2D eigenvalue weighted by molar-refractivity contribution is 0.705. The maximum absolute atomic E-state index is 4.11. The molecule has 5 heteroatoms. The van der Waals surface area contributed by atoms with Gasteiger partial charge in [-0.25, -0.2) is 0 Å². The van der Waals surface area contributed by atoms with Crippen molar-refractivity contribution in [1.29, 1.82) is 0 Å². The summed E-state index contributed by atoms with van der Waals surface area (Å²) in [6.07, 6.45) is 0. The fraction of sp³-hybridized carbons (Fsp3) is 0.778. The van der Waals surface area contributed by atoms with Crippen molar-refractivity contribution in [2.75, 3.05) is 13.1 Å². The molecule has 0 saturated heterocycles. The van der Waals surface area contributed by atoms with Gasteiger partial charge in [-0.05, 0) is 13.5 Å². The highest BCUT2D eigenvalue weighted by atomic mass is 32.2. The van der Waals surface area contributed by atoms with Crippen molar-refractivity contribution in [3.05, 3.63) is 5.82 Å². The molecular weight excluding hydrogens is 196 g/mol. The topological polar surface area (TPSA) is 42.7 Å². The monoisotopic (exact) mass is 214 g/mol. The van der Waals surface area contributed by atoms with Crippen molar-refractivity contribution in [2.24, 2.45) is 7.05 Å². The van der Waals surface area contributed by atoms with Gasteiger partial charge in [-0.2, -0.15) is 0 Å². The highest BCUT2D eigenvalue weighted by molar-refractivity contribution is 7.99. The van der Waals surface area contributed by atoms with Crippen molar-refractivity contribution in [1.82, 2.24) is 20.1 Å². The van der Waals surface area contributed by atoms with Crippen LogP contribution in [0.15, 0.2) is 5.16 Å². The summed E-state index contributed by atoms with van der Waals surface area (Å²) in [4.78, 5) is 0. The average molecular weight is 214 g/mol. The molecule has 0 amide bonds. The number of aromatic nitrogens is 3. The van der Waals surface area contributed by atoms with E-state index >= 15 is 0 Å². The molecule has 0 spiro atoms. The van der Waals surface area contributed by atoms with Crippen LogP contribution in [0.1, 0.15) is 19.7 Å². The molecule has 1 aromatic rings. The van der Waals surface area contributed by atoms with Gasteiger partial charge in [0.2, 0.25) is 0 Å². The molecule has 1 atom stereocenters. The Labute approximate surface area is 89.5 Å². The van der Waals surface area contributed by atoms with E-state index in [4.69, 9.17) is 0 Å². The smallest absolute Gasteiger partial charge is 0.191 e. The molecule has 0 radical (unpaired) electrons. The standard InChI is InChI=1S/C9H18N4S/c1-5-10-6-7(2)14-9-12-11-8(3)13(9)4/h7,10H,5-6H2,1-4H3. The molecule has 14 heavy (non-hydrogen) atoms. The third-order valence-corrected chi connectivity index (χ3v) is 3.18. The molecule has 0 aliphatic carbocycles. The Morgan fingerprint density at radius 3 is 2.71 bits per heavy atom. The maximum atomic E-state index is 4.11. The van der Waals surface area contributed by atoms with Gasteiger partial charge in [-0.15, -0.1) is 10.2 Å². The van der Waals surface area contributed by atoms with Gasteiger partial charge >= 0.3 is 0 Å². The summed E-state index contributed by atoms with van der Waals surface area (Å²) in [5.74, 6) is 0.961. The third-order valence-electron chi connectivity index (χ3n) is 2.04. The quantitative estimate of drug-likeness (QED) is 0.748. The number of hydrogen-bond acceptors (Lipinski definition) is 4. The van der Waals surface area contributed by atoms with Gasteiger partial charge < -0.3 is 9.88 Å². The molecule has 0 bridgehead atoms. The van der Waals surface area contributed by atoms with Gasteiger partial charge in [-0.3, -0.25) is 0 Å². The van der Waals surface area contributed by atoms with Gasteiger partial charge in [0, 0.05) is 18.8 Å². The Hall–Kier alpha value is -0.550. The van der Waals surface area contributed by atoms with Gasteiger partial charge in [0.05, 0.1) is 0 Å². The Balaban J connectivity index is 2.47. The Bertz CT molecular complexity index is 284. The van der Waals surface area contributed by atoms with E-state index in [1.807, 2.05) is 18.5 Å². The molecule has 0 aliphatic rings. The Morgan fingerprint density at radius 2 is 2.21 bits per heavy atom. The van der Waals surface area contributed by atoms with Crippen molar-refractivity contribution in [2.45, 2.75) is 31.2 Å². The molecule has 0 fully saturated rings. The summed E-state index contributed by atoms with van der Waals surface area (Å²) in [6.45, 7) is 8.29. The number of thioether (sulfide) groups is 1. The van der Waals surface area contributed by atoms with Crippen LogP contribution in [-0.4, -0.2) is 33.1 Å². The fourth-order valence-electron chi connectivity index (χ4n) is 1.06. The summed E-state index contributed by atoms with van der Waals surface area (Å²) in [7, 11) is 2.00. The van der Waals surface area contributed by atoms with Crippen molar-refractivity contribution in [3.8, 4) is 0 Å². The predicted molar refractivity (Wildman–Crippen MR) is 59.6 cm³/mol. The molecule has 1 unspecified atom stereocenters. The van der Waals surface area contributed by atoms with Gasteiger partial charge in [0.25, 0.3) is 0 Å². The Morgan fingerprint density at radius 1 is 1.50 bits per heavy atom. The summed E-state index contributed by atoms with van der Waals surface area (Å²) >= 11 is 1.76. The van der Waals surface area contributed by atoms with Gasteiger partial charge in [-0.1, -0.05) is 25.6 Å². The van der Waals surface area contributed by atoms with Crippen LogP contribution in [0.4, 0.5) is 0 Å². The second-order valence-electron chi connectivity index (χ2n) is 3.32. The minimum atomic E-state index is 0.525. The highest BCUT2D eigenvalue weighted by Gasteiger charge is 2.09. The first-order valence-corrected chi connectivity index (χ1v) is 5.76.